The Morgan fingerprint density at radius 1 is 0.632 bits per heavy atom. The molecular weight excluding hydrogens is 1110 g/mol. The number of hydrogen-bond acceptors (Lipinski definition) is 14. The minimum absolute atomic E-state index is 0.0310. The fourth-order valence-electron chi connectivity index (χ4n) is 4.52. The number of nitrogen functional groups attached to an aromatic ring is 2. The Kier molecular flexibility index (Phi) is 16.3. The molecule has 2 heterocycles. The molecule has 2 aliphatic heterocycles. The van der Waals surface area contributed by atoms with E-state index >= 15 is 0 Å². The first kappa shape index (κ1) is 45.9. The number of phenols is 3. The van der Waals surface area contributed by atoms with Crippen molar-refractivity contribution < 1.29 is 48.7 Å². The Morgan fingerprint density at radius 2 is 1.02 bits per heavy atom. The molecule has 4 aromatic rings. The number of nitrogens with zero attached hydrogens (tertiary/aromatic N) is 2. The molecule has 0 unspecified atom stereocenters. The lowest BCUT2D eigenvalue weighted by molar-refractivity contribution is -0.122. The number of carbonyl (C=O) groups is 4. The van der Waals surface area contributed by atoms with E-state index in [4.69, 9.17) is 25.7 Å². The number of anilines is 2. The highest BCUT2D eigenvalue weighted by Gasteiger charge is 2.33. The highest BCUT2D eigenvalue weighted by molar-refractivity contribution is 9.69. The molecule has 0 bridgehead atoms. The lowest BCUT2D eigenvalue weighted by Crippen LogP contribution is -2.22. The second kappa shape index (κ2) is 20.3. The molecule has 0 saturated carbocycles. The first-order chi connectivity index (χ1) is 26.8. The Labute approximate surface area is 376 Å². The fourth-order valence-corrected chi connectivity index (χ4v) is 7.05. The first-order valence-corrected chi connectivity index (χ1v) is 21.5. The second-order valence-electron chi connectivity index (χ2n) is 11.2. The Bertz CT molecular complexity index is 2320. The fraction of sp³-hybridized carbons (Fsp3) is 0.0857. The summed E-state index contributed by atoms with van der Waals surface area (Å²) in [6.07, 6.45) is 3.08. The second-order valence-corrected chi connectivity index (χ2v) is 21.3. The topological polar surface area (TPSA) is 215 Å². The quantitative estimate of drug-likeness (QED) is 0.0504. The predicted molar refractivity (Wildman–Crippen MR) is 242 cm³/mol. The SMILES string of the molecule is BrB(Br)Br.CN1C(=O)S/C(=C\c2cc(Oc3cccc(O)c3N)c(O)cc2Br)C1=O.COc1cccc(Oc2cc(/C=C3\SC(=O)N(C)C3=O)c(Br)cc2O)c1N. The molecule has 0 aliphatic carbocycles. The lowest BCUT2D eigenvalue weighted by Gasteiger charge is -2.13. The molecule has 4 aromatic carbocycles. The van der Waals surface area contributed by atoms with E-state index in [2.05, 4.69) is 79.1 Å². The number of aromatic hydroxyl groups is 3. The monoisotopic (exact) mass is 1130 g/mol. The summed E-state index contributed by atoms with van der Waals surface area (Å²) in [6, 6.07) is 15.4. The number of thioether (sulfide) groups is 2. The number of amides is 4. The van der Waals surface area contributed by atoms with Crippen molar-refractivity contribution in [2.24, 2.45) is 0 Å². The van der Waals surface area contributed by atoms with Crippen LogP contribution in [-0.2, 0) is 9.59 Å². The van der Waals surface area contributed by atoms with Crippen LogP contribution in [0.2, 0.25) is 0 Å². The van der Waals surface area contributed by atoms with E-state index in [9.17, 15) is 34.5 Å². The summed E-state index contributed by atoms with van der Waals surface area (Å²) in [5, 5.41) is 29.3. The summed E-state index contributed by atoms with van der Waals surface area (Å²) >= 11 is 17.6. The van der Waals surface area contributed by atoms with Gasteiger partial charge in [-0.05, 0) is 95.3 Å². The molecule has 2 saturated heterocycles. The van der Waals surface area contributed by atoms with Gasteiger partial charge < -0.3 is 41.0 Å². The first-order valence-electron chi connectivity index (χ1n) is 15.6. The zero-order valence-electron chi connectivity index (χ0n) is 29.5. The number of rotatable bonds is 7. The molecular formula is C35H28BBr5N4O10S2. The van der Waals surface area contributed by atoms with Crippen LogP contribution < -0.4 is 25.7 Å². The summed E-state index contributed by atoms with van der Waals surface area (Å²) < 4.78 is 17.8. The number of phenolic OH excluding ortho intramolecular Hbond substituents is 3. The van der Waals surface area contributed by atoms with E-state index in [1.165, 1.54) is 51.5 Å². The summed E-state index contributed by atoms with van der Waals surface area (Å²) in [4.78, 5) is 50.0. The maximum atomic E-state index is 12.1. The molecule has 2 aliphatic rings. The number of likely N-dealkylation sites (N-methyl/N-ethyl adjacent to an activating group) is 2. The van der Waals surface area contributed by atoms with Gasteiger partial charge in [0.25, 0.3) is 22.3 Å². The molecule has 0 atom stereocenters. The zero-order chi connectivity index (χ0) is 42.3. The maximum Gasteiger partial charge on any atom is 0.369 e. The van der Waals surface area contributed by atoms with Crippen molar-refractivity contribution in [1.29, 1.82) is 0 Å². The van der Waals surface area contributed by atoms with Gasteiger partial charge in [0.15, 0.2) is 34.5 Å². The van der Waals surface area contributed by atoms with Crippen LogP contribution in [0.4, 0.5) is 21.0 Å². The normalized spacial score (nSPS) is 15.0. The zero-order valence-corrected chi connectivity index (χ0v) is 39.0. The predicted octanol–water partition coefficient (Wildman–Crippen LogP) is 10.3. The number of benzene rings is 4. The summed E-state index contributed by atoms with van der Waals surface area (Å²) in [7, 11) is 4.32. The number of halogens is 5. The Balaban J connectivity index is 0.000000231. The molecule has 0 aromatic heterocycles. The van der Waals surface area contributed by atoms with Crippen LogP contribution in [0.25, 0.3) is 12.2 Å². The van der Waals surface area contributed by atoms with Gasteiger partial charge in [-0.25, -0.2) is 0 Å². The van der Waals surface area contributed by atoms with Crippen LogP contribution in [0.3, 0.4) is 0 Å². The van der Waals surface area contributed by atoms with Gasteiger partial charge in [-0.2, -0.15) is 0 Å². The van der Waals surface area contributed by atoms with Crippen molar-refractivity contribution >= 4 is 152 Å². The Hall–Kier alpha value is -3.80. The highest BCUT2D eigenvalue weighted by atomic mass is 79.9. The van der Waals surface area contributed by atoms with Gasteiger partial charge >= 0.3 is 3.18 Å². The third-order valence-electron chi connectivity index (χ3n) is 7.43. The molecule has 22 heteroatoms. The van der Waals surface area contributed by atoms with Crippen LogP contribution in [0, 0.1) is 0 Å². The molecule has 298 valence electrons. The number of carbonyl (C=O) groups excluding carboxylic acids is 4. The van der Waals surface area contributed by atoms with Crippen molar-refractivity contribution in [1.82, 2.24) is 9.80 Å². The molecule has 57 heavy (non-hydrogen) atoms. The Morgan fingerprint density at radius 3 is 1.40 bits per heavy atom. The molecule has 0 radical (unpaired) electrons. The van der Waals surface area contributed by atoms with Gasteiger partial charge in [0.05, 0.1) is 16.9 Å². The summed E-state index contributed by atoms with van der Waals surface area (Å²) in [6.45, 7) is 0. The molecule has 7 N–H and O–H groups in total. The summed E-state index contributed by atoms with van der Waals surface area (Å²) in [5.74, 6) is -0.0758. The van der Waals surface area contributed by atoms with E-state index in [-0.39, 0.29) is 75.3 Å². The third kappa shape index (κ3) is 11.7. The minimum atomic E-state index is -0.403. The van der Waals surface area contributed by atoms with Crippen LogP contribution in [0.1, 0.15) is 11.1 Å². The van der Waals surface area contributed by atoms with Gasteiger partial charge in [0.2, 0.25) is 0 Å². The van der Waals surface area contributed by atoms with Crippen LogP contribution in [-0.4, -0.2) is 71.8 Å². The van der Waals surface area contributed by atoms with E-state index in [1.54, 1.807) is 42.5 Å². The molecule has 4 amide bonds. The van der Waals surface area contributed by atoms with Crippen molar-refractivity contribution in [2.75, 3.05) is 32.7 Å². The number of imide groups is 2. The van der Waals surface area contributed by atoms with Gasteiger partial charge in [0.1, 0.15) is 22.9 Å². The maximum absolute atomic E-state index is 12.1. The number of methoxy groups -OCH3 is 1. The molecule has 2 fully saturated rings. The van der Waals surface area contributed by atoms with Crippen LogP contribution in [0.15, 0.2) is 79.4 Å². The van der Waals surface area contributed by atoms with Crippen molar-refractivity contribution in [3.63, 3.8) is 0 Å². The van der Waals surface area contributed by atoms with Gasteiger partial charge in [0, 0.05) is 23.0 Å². The number of nitrogens with two attached hydrogens (primary N) is 2. The molecule has 6 rings (SSSR count). The largest absolute Gasteiger partial charge is 0.506 e. The average molecular weight is 1140 g/mol. The van der Waals surface area contributed by atoms with E-state index in [0.29, 0.717) is 31.6 Å². The minimum Gasteiger partial charge on any atom is -0.506 e. The van der Waals surface area contributed by atoms with E-state index in [0.717, 1.165) is 33.3 Å². The van der Waals surface area contributed by atoms with Crippen molar-refractivity contribution in [2.45, 2.75) is 0 Å². The standard InChI is InChI=1S/C18H15BrN2O5S.C17H13BrN2O5S.BBr3/c1-21-17(23)15(27-18(21)24)7-9-6-14(11(22)8-10(9)19)26-13-5-3-4-12(25-2)16(13)20;1-20-16(23)14(26-17(20)24)6-8-5-13(11(22)7-9(8)18)25-12-4-2-3-10(21)15(12)19;2-1(3)4/h3-8,22H,20H2,1-2H3;2-7,21-22H,19H2,1H3;/b15-7-;14-6-;. The van der Waals surface area contributed by atoms with Crippen LogP contribution in [0.5, 0.6) is 46.0 Å². The van der Waals surface area contributed by atoms with Crippen molar-refractivity contribution in [3.05, 3.63) is 90.5 Å². The van der Waals surface area contributed by atoms with Gasteiger partial charge in [-0.3, -0.25) is 29.0 Å². The van der Waals surface area contributed by atoms with Crippen molar-refractivity contribution in [3.8, 4) is 46.0 Å². The van der Waals surface area contributed by atoms with E-state index < -0.39 is 5.91 Å². The number of hydrogen-bond donors (Lipinski definition) is 5. The van der Waals surface area contributed by atoms with Crippen LogP contribution >= 0.6 is 103 Å². The summed E-state index contributed by atoms with van der Waals surface area (Å²) in [5.41, 5.74) is 13.2. The van der Waals surface area contributed by atoms with E-state index in [1.807, 2.05) is 0 Å². The highest BCUT2D eigenvalue weighted by Crippen LogP contribution is 2.43. The van der Waals surface area contributed by atoms with Gasteiger partial charge in [-0.15, -0.1) is 47.3 Å². The molecule has 0 spiro atoms. The average Bonchev–Trinajstić information content (AvgIpc) is 3.53. The lowest BCUT2D eigenvalue weighted by atomic mass is 10.1. The van der Waals surface area contributed by atoms with Gasteiger partial charge in [-0.1, -0.05) is 44.0 Å². The third-order valence-corrected chi connectivity index (χ3v) is 10.7. The smallest absolute Gasteiger partial charge is 0.369 e. The number of para-hydroxylation sites is 2. The number of ether oxygens (including phenoxy) is 3. The molecule has 14 nitrogen and oxygen atoms in total.